The minimum Gasteiger partial charge on any atom is -0.399 e. The monoisotopic (exact) mass is 309 g/mol. The number of hydrogen-bond acceptors (Lipinski definition) is 3. The molecule has 23 heavy (non-hydrogen) atoms. The summed E-state index contributed by atoms with van der Waals surface area (Å²) in [5.74, 6) is 0.640. The molecule has 2 atom stereocenters. The maximum Gasteiger partial charge on any atom is 0.0363 e. The van der Waals surface area contributed by atoms with Crippen LogP contribution in [0.15, 0.2) is 54.6 Å². The summed E-state index contributed by atoms with van der Waals surface area (Å²) in [4.78, 5) is 2.59. The summed E-state index contributed by atoms with van der Waals surface area (Å²) >= 11 is 0. The number of anilines is 2. The maximum atomic E-state index is 5.87. The number of piperidine rings is 1. The van der Waals surface area contributed by atoms with Crippen molar-refractivity contribution in [1.29, 1.82) is 0 Å². The van der Waals surface area contributed by atoms with Crippen LogP contribution in [-0.4, -0.2) is 30.6 Å². The predicted molar refractivity (Wildman–Crippen MR) is 98.6 cm³/mol. The quantitative estimate of drug-likeness (QED) is 0.829. The molecule has 0 bridgehead atoms. The molecule has 1 saturated heterocycles. The highest BCUT2D eigenvalue weighted by atomic mass is 15.1. The van der Waals surface area contributed by atoms with Crippen LogP contribution in [-0.2, 0) is 6.42 Å². The highest BCUT2D eigenvalue weighted by molar-refractivity contribution is 5.54. The van der Waals surface area contributed by atoms with E-state index in [-0.39, 0.29) is 0 Å². The first kappa shape index (κ1) is 15.9. The van der Waals surface area contributed by atoms with Crippen LogP contribution >= 0.6 is 0 Å². The molecule has 1 aliphatic heterocycles. The van der Waals surface area contributed by atoms with E-state index in [9.17, 15) is 0 Å². The highest BCUT2D eigenvalue weighted by Gasteiger charge is 2.25. The lowest BCUT2D eigenvalue weighted by molar-refractivity contribution is 0.173. The van der Waals surface area contributed by atoms with Gasteiger partial charge < -0.3 is 16.0 Å². The molecule has 1 fully saturated rings. The number of likely N-dealkylation sites (tertiary alicyclic amines) is 1. The van der Waals surface area contributed by atoms with Crippen LogP contribution in [0.2, 0.25) is 0 Å². The molecule has 0 aliphatic carbocycles. The van der Waals surface area contributed by atoms with Gasteiger partial charge in [-0.1, -0.05) is 43.3 Å². The number of nitrogens with zero attached hydrogens (tertiary/aromatic N) is 1. The fourth-order valence-corrected chi connectivity index (χ4v) is 3.42. The van der Waals surface area contributed by atoms with Crippen molar-refractivity contribution in [3.63, 3.8) is 0 Å². The second-order valence-corrected chi connectivity index (χ2v) is 6.68. The highest BCUT2D eigenvalue weighted by Crippen LogP contribution is 2.22. The minimum atomic E-state index is 0.532. The van der Waals surface area contributed by atoms with Gasteiger partial charge in [0, 0.05) is 37.1 Å². The van der Waals surface area contributed by atoms with E-state index in [2.05, 4.69) is 53.5 Å². The summed E-state index contributed by atoms with van der Waals surface area (Å²) in [7, 11) is 0. The van der Waals surface area contributed by atoms with Gasteiger partial charge in [-0.3, -0.25) is 0 Å². The molecule has 122 valence electrons. The van der Waals surface area contributed by atoms with E-state index < -0.39 is 0 Å². The summed E-state index contributed by atoms with van der Waals surface area (Å²) in [6.07, 6.45) is 2.33. The number of nitrogens with one attached hydrogen (secondary N) is 1. The van der Waals surface area contributed by atoms with Gasteiger partial charge in [-0.05, 0) is 42.5 Å². The predicted octanol–water partition coefficient (Wildman–Crippen LogP) is 3.63. The topological polar surface area (TPSA) is 41.3 Å². The van der Waals surface area contributed by atoms with Crippen LogP contribution in [0.25, 0.3) is 0 Å². The first-order chi connectivity index (χ1) is 11.2. The Bertz CT molecular complexity index is 611. The van der Waals surface area contributed by atoms with Gasteiger partial charge in [-0.25, -0.2) is 0 Å². The number of benzene rings is 2. The van der Waals surface area contributed by atoms with Crippen molar-refractivity contribution >= 4 is 11.4 Å². The van der Waals surface area contributed by atoms with Gasteiger partial charge in [0.2, 0.25) is 0 Å². The zero-order valence-corrected chi connectivity index (χ0v) is 13.9. The SMILES string of the molecule is C[C@@H]1CN(CCc2ccccc2)CC[C@@H]1Nc1cccc(N)c1. The third-order valence-electron chi connectivity index (χ3n) is 4.79. The molecule has 0 aromatic heterocycles. The molecule has 1 heterocycles. The second kappa shape index (κ2) is 7.51. The van der Waals surface area contributed by atoms with E-state index >= 15 is 0 Å². The molecule has 3 N–H and O–H groups in total. The summed E-state index contributed by atoms with van der Waals surface area (Å²) in [6, 6.07) is 19.4. The van der Waals surface area contributed by atoms with Crippen molar-refractivity contribution < 1.29 is 0 Å². The minimum absolute atomic E-state index is 0.532. The van der Waals surface area contributed by atoms with Crippen LogP contribution in [0.4, 0.5) is 11.4 Å². The van der Waals surface area contributed by atoms with Gasteiger partial charge in [-0.2, -0.15) is 0 Å². The molecular formula is C20H27N3. The van der Waals surface area contributed by atoms with Gasteiger partial charge in [0.1, 0.15) is 0 Å². The Morgan fingerprint density at radius 3 is 2.70 bits per heavy atom. The third kappa shape index (κ3) is 4.49. The lowest BCUT2D eigenvalue weighted by Gasteiger charge is -2.37. The van der Waals surface area contributed by atoms with E-state index in [1.54, 1.807) is 0 Å². The fraction of sp³-hybridized carbons (Fsp3) is 0.400. The molecule has 3 rings (SSSR count). The van der Waals surface area contributed by atoms with Crippen LogP contribution < -0.4 is 11.1 Å². The summed E-state index contributed by atoms with van der Waals surface area (Å²) in [5, 5.41) is 3.66. The Morgan fingerprint density at radius 1 is 1.13 bits per heavy atom. The zero-order valence-electron chi connectivity index (χ0n) is 13.9. The molecule has 0 spiro atoms. The standard InChI is InChI=1S/C20H27N3/c1-16-15-23(12-10-17-6-3-2-4-7-17)13-11-20(16)22-19-9-5-8-18(21)14-19/h2-9,14,16,20,22H,10-13,15,21H2,1H3/t16-,20+/m1/s1. The molecule has 3 nitrogen and oxygen atoms in total. The normalized spacial score (nSPS) is 22.0. The number of rotatable bonds is 5. The van der Waals surface area contributed by atoms with Crippen LogP contribution in [0.5, 0.6) is 0 Å². The summed E-state index contributed by atoms with van der Waals surface area (Å²) in [5.41, 5.74) is 9.26. The lowest BCUT2D eigenvalue weighted by Crippen LogP contribution is -2.45. The molecule has 0 unspecified atom stereocenters. The van der Waals surface area contributed by atoms with Gasteiger partial charge in [0.05, 0.1) is 0 Å². The van der Waals surface area contributed by atoms with E-state index in [0.29, 0.717) is 12.0 Å². The van der Waals surface area contributed by atoms with Crippen molar-refractivity contribution in [1.82, 2.24) is 4.90 Å². The van der Waals surface area contributed by atoms with E-state index in [0.717, 1.165) is 37.4 Å². The van der Waals surface area contributed by atoms with Crippen molar-refractivity contribution in [2.75, 3.05) is 30.7 Å². The summed E-state index contributed by atoms with van der Waals surface area (Å²) in [6.45, 7) is 5.82. The zero-order chi connectivity index (χ0) is 16.1. The third-order valence-corrected chi connectivity index (χ3v) is 4.79. The van der Waals surface area contributed by atoms with Crippen molar-refractivity contribution in [2.24, 2.45) is 5.92 Å². The van der Waals surface area contributed by atoms with Crippen molar-refractivity contribution in [2.45, 2.75) is 25.8 Å². The molecule has 2 aromatic rings. The lowest BCUT2D eigenvalue weighted by atomic mass is 9.93. The maximum absolute atomic E-state index is 5.87. The number of hydrogen-bond donors (Lipinski definition) is 2. The van der Waals surface area contributed by atoms with Crippen molar-refractivity contribution in [3.05, 3.63) is 60.2 Å². The average molecular weight is 309 g/mol. The first-order valence-electron chi connectivity index (χ1n) is 8.59. The van der Waals surface area contributed by atoms with Gasteiger partial charge >= 0.3 is 0 Å². The number of nitrogen functional groups attached to an aromatic ring is 1. The molecule has 2 aromatic carbocycles. The van der Waals surface area contributed by atoms with Gasteiger partial charge in [0.15, 0.2) is 0 Å². The second-order valence-electron chi connectivity index (χ2n) is 6.68. The van der Waals surface area contributed by atoms with Crippen LogP contribution in [0, 0.1) is 5.92 Å². The Labute approximate surface area is 139 Å². The van der Waals surface area contributed by atoms with Gasteiger partial charge in [-0.15, -0.1) is 0 Å². The Morgan fingerprint density at radius 2 is 1.96 bits per heavy atom. The molecule has 1 aliphatic rings. The van der Waals surface area contributed by atoms with Crippen molar-refractivity contribution in [3.8, 4) is 0 Å². The molecule has 3 heteroatoms. The Hall–Kier alpha value is -2.00. The molecule has 0 radical (unpaired) electrons. The van der Waals surface area contributed by atoms with Crippen LogP contribution in [0.3, 0.4) is 0 Å². The van der Waals surface area contributed by atoms with E-state index in [1.807, 2.05) is 18.2 Å². The van der Waals surface area contributed by atoms with E-state index in [1.165, 1.54) is 12.0 Å². The molecule has 0 saturated carbocycles. The first-order valence-corrected chi connectivity index (χ1v) is 8.59. The Balaban J connectivity index is 1.49. The Kier molecular flexibility index (Phi) is 5.19. The smallest absolute Gasteiger partial charge is 0.0363 e. The van der Waals surface area contributed by atoms with E-state index in [4.69, 9.17) is 5.73 Å². The largest absolute Gasteiger partial charge is 0.399 e. The molecule has 0 amide bonds. The molecular weight excluding hydrogens is 282 g/mol. The summed E-state index contributed by atoms with van der Waals surface area (Å²) < 4.78 is 0. The van der Waals surface area contributed by atoms with Gasteiger partial charge in [0.25, 0.3) is 0 Å². The average Bonchev–Trinajstić information content (AvgIpc) is 2.56. The fourth-order valence-electron chi connectivity index (χ4n) is 3.42. The number of nitrogens with two attached hydrogens (primary N) is 1. The van der Waals surface area contributed by atoms with Crippen LogP contribution in [0.1, 0.15) is 18.9 Å².